The van der Waals surface area contributed by atoms with Crippen molar-refractivity contribution in [2.75, 3.05) is 0 Å². The van der Waals surface area contributed by atoms with Crippen LogP contribution in [0.25, 0.3) is 16.6 Å². The van der Waals surface area contributed by atoms with Crippen LogP contribution in [0.4, 0.5) is 0 Å². The Bertz CT molecular complexity index is 949. The first-order valence-electron chi connectivity index (χ1n) is 7.08. The van der Waals surface area contributed by atoms with Crippen LogP contribution in [-0.2, 0) is 9.59 Å². The van der Waals surface area contributed by atoms with Crippen LogP contribution in [0.5, 0.6) is 11.5 Å². The van der Waals surface area contributed by atoms with Crippen molar-refractivity contribution in [1.29, 1.82) is 0 Å². The Balaban J connectivity index is 1.97. The summed E-state index contributed by atoms with van der Waals surface area (Å²) in [5.74, 6) is 0.175. The minimum atomic E-state index is -0.377. The Labute approximate surface area is 146 Å². The molecule has 7 heteroatoms. The molecule has 0 bridgehead atoms. The average Bonchev–Trinajstić information content (AvgIpc) is 2.88. The maximum Gasteiger partial charge on any atom is 0.308 e. The zero-order chi connectivity index (χ0) is 17.3. The number of ether oxygens (including phenoxy) is 2. The van der Waals surface area contributed by atoms with Gasteiger partial charge in [-0.1, -0.05) is 0 Å². The van der Waals surface area contributed by atoms with Crippen molar-refractivity contribution < 1.29 is 19.1 Å². The van der Waals surface area contributed by atoms with Crippen molar-refractivity contribution in [1.82, 2.24) is 9.78 Å². The summed E-state index contributed by atoms with van der Waals surface area (Å²) in [6, 6.07) is 10.4. The summed E-state index contributed by atoms with van der Waals surface area (Å²) < 4.78 is 12.6. The number of carbonyl (C=O) groups excluding carboxylic acids is 2. The molecule has 0 unspecified atom stereocenters. The molecule has 0 radical (unpaired) electrons. The minimum absolute atomic E-state index is 0.370. The minimum Gasteiger partial charge on any atom is -0.427 e. The average molecular weight is 389 g/mol. The van der Waals surface area contributed by atoms with Crippen LogP contribution < -0.4 is 9.47 Å². The highest BCUT2D eigenvalue weighted by atomic mass is 79.9. The van der Waals surface area contributed by atoms with Crippen LogP contribution in [0.1, 0.15) is 13.8 Å². The molecular formula is C17H13BrN2O4. The molecule has 0 aliphatic heterocycles. The number of halogens is 1. The second-order valence-electron chi connectivity index (χ2n) is 5.09. The predicted octanol–water partition coefficient (Wildman–Crippen LogP) is 3.64. The molecule has 0 aliphatic rings. The van der Waals surface area contributed by atoms with Crippen LogP contribution in [-0.4, -0.2) is 21.7 Å². The van der Waals surface area contributed by atoms with Crippen molar-refractivity contribution in [3.8, 4) is 17.2 Å². The molecule has 3 aromatic rings. The molecule has 122 valence electrons. The lowest BCUT2D eigenvalue weighted by molar-refractivity contribution is -0.132. The first-order valence-corrected chi connectivity index (χ1v) is 7.88. The summed E-state index contributed by atoms with van der Waals surface area (Å²) >= 11 is 3.46. The predicted molar refractivity (Wildman–Crippen MR) is 91.4 cm³/mol. The molecule has 6 nitrogen and oxygen atoms in total. The molecule has 0 saturated carbocycles. The third-order valence-electron chi connectivity index (χ3n) is 3.16. The van der Waals surface area contributed by atoms with Crippen molar-refractivity contribution in [3.05, 3.63) is 47.1 Å². The van der Waals surface area contributed by atoms with Gasteiger partial charge in [-0.2, -0.15) is 5.10 Å². The van der Waals surface area contributed by atoms with Crippen LogP contribution in [0.3, 0.4) is 0 Å². The number of rotatable bonds is 3. The van der Waals surface area contributed by atoms with Gasteiger partial charge in [0.2, 0.25) is 0 Å². The summed E-state index contributed by atoms with van der Waals surface area (Å²) in [5.41, 5.74) is 1.55. The molecule has 0 spiro atoms. The molecular weight excluding hydrogens is 376 g/mol. The fourth-order valence-corrected chi connectivity index (χ4v) is 2.80. The molecule has 1 aromatic heterocycles. The second-order valence-corrected chi connectivity index (χ2v) is 5.95. The van der Waals surface area contributed by atoms with Gasteiger partial charge >= 0.3 is 11.9 Å². The van der Waals surface area contributed by atoms with Crippen molar-refractivity contribution in [3.63, 3.8) is 0 Å². The lowest BCUT2D eigenvalue weighted by Gasteiger charge is -2.07. The summed E-state index contributed by atoms with van der Waals surface area (Å²) in [6.07, 6.45) is 1.83. The molecule has 0 saturated heterocycles. The molecule has 0 aliphatic carbocycles. The van der Waals surface area contributed by atoms with E-state index in [2.05, 4.69) is 21.0 Å². The van der Waals surface area contributed by atoms with E-state index in [-0.39, 0.29) is 11.9 Å². The molecule has 0 fully saturated rings. The maximum atomic E-state index is 11.0. The van der Waals surface area contributed by atoms with Crippen molar-refractivity contribution in [2.45, 2.75) is 13.8 Å². The van der Waals surface area contributed by atoms with Crippen LogP contribution in [0, 0.1) is 0 Å². The quantitative estimate of drug-likeness (QED) is 0.505. The topological polar surface area (TPSA) is 70.4 Å². The van der Waals surface area contributed by atoms with E-state index < -0.39 is 0 Å². The first kappa shape index (κ1) is 16.2. The van der Waals surface area contributed by atoms with Crippen molar-refractivity contribution >= 4 is 38.8 Å². The number of nitrogens with zero attached hydrogens (tertiary/aromatic N) is 2. The fraction of sp³-hybridized carbons (Fsp3) is 0.118. The SMILES string of the molecule is CC(=O)Oc1ccc(-n2cc3cc(OC(C)=O)ccc3n2)c(Br)c1. The molecule has 0 amide bonds. The third kappa shape index (κ3) is 3.46. The van der Waals surface area contributed by atoms with Gasteiger partial charge in [-0.15, -0.1) is 0 Å². The van der Waals surface area contributed by atoms with Gasteiger partial charge < -0.3 is 9.47 Å². The fourth-order valence-electron chi connectivity index (χ4n) is 2.26. The maximum absolute atomic E-state index is 11.0. The van der Waals surface area contributed by atoms with E-state index in [0.29, 0.717) is 11.5 Å². The Hall–Kier alpha value is -2.67. The van der Waals surface area contributed by atoms with E-state index in [1.165, 1.54) is 13.8 Å². The van der Waals surface area contributed by atoms with Gasteiger partial charge in [-0.3, -0.25) is 9.59 Å². The van der Waals surface area contributed by atoms with Gasteiger partial charge in [0.05, 0.1) is 11.2 Å². The van der Waals surface area contributed by atoms with Gasteiger partial charge in [0.1, 0.15) is 11.5 Å². The highest BCUT2D eigenvalue weighted by Gasteiger charge is 2.10. The number of carbonyl (C=O) groups is 2. The van der Waals surface area contributed by atoms with Crippen LogP contribution in [0.2, 0.25) is 0 Å². The molecule has 2 aromatic carbocycles. The van der Waals surface area contributed by atoms with Gasteiger partial charge in [0.15, 0.2) is 0 Å². The number of benzene rings is 2. The van der Waals surface area contributed by atoms with Gasteiger partial charge in [0, 0.05) is 29.9 Å². The highest BCUT2D eigenvalue weighted by Crippen LogP contribution is 2.28. The smallest absolute Gasteiger partial charge is 0.308 e. The Morgan fingerprint density at radius 1 is 1.00 bits per heavy atom. The standard InChI is InChI=1S/C17H13BrN2O4/c1-10(21)23-13-3-5-16-12(7-13)9-20(19-16)17-6-4-14(8-15(17)18)24-11(2)22/h3-9H,1-2H3. The van der Waals surface area contributed by atoms with E-state index in [4.69, 9.17) is 9.47 Å². The van der Waals surface area contributed by atoms with Gasteiger partial charge in [-0.25, -0.2) is 4.68 Å². The number of fused-ring (bicyclic) bond motifs is 1. The molecule has 0 N–H and O–H groups in total. The lowest BCUT2D eigenvalue weighted by Crippen LogP contribution is -2.02. The third-order valence-corrected chi connectivity index (χ3v) is 3.80. The molecule has 1 heterocycles. The summed E-state index contributed by atoms with van der Waals surface area (Å²) in [5, 5.41) is 5.33. The molecule has 3 rings (SSSR count). The van der Waals surface area contributed by atoms with Gasteiger partial charge in [0.25, 0.3) is 0 Å². The largest absolute Gasteiger partial charge is 0.427 e. The van der Waals surface area contributed by atoms with Crippen LogP contribution in [0.15, 0.2) is 47.1 Å². The normalized spacial score (nSPS) is 10.6. The first-order chi connectivity index (χ1) is 11.4. The Kier molecular flexibility index (Phi) is 4.35. The lowest BCUT2D eigenvalue weighted by atomic mass is 10.2. The number of aromatic nitrogens is 2. The monoisotopic (exact) mass is 388 g/mol. The van der Waals surface area contributed by atoms with Crippen molar-refractivity contribution in [2.24, 2.45) is 0 Å². The van der Waals surface area contributed by atoms with E-state index in [9.17, 15) is 9.59 Å². The Morgan fingerprint density at radius 2 is 1.62 bits per heavy atom. The zero-order valence-electron chi connectivity index (χ0n) is 12.9. The van der Waals surface area contributed by atoms with E-state index in [1.54, 1.807) is 41.1 Å². The number of hydrogen-bond acceptors (Lipinski definition) is 5. The zero-order valence-corrected chi connectivity index (χ0v) is 14.5. The summed E-state index contributed by atoms with van der Waals surface area (Å²) in [7, 11) is 0. The number of esters is 2. The van der Waals surface area contributed by atoms with Gasteiger partial charge in [-0.05, 0) is 52.3 Å². The molecule has 0 atom stereocenters. The number of hydrogen-bond donors (Lipinski definition) is 0. The van der Waals surface area contributed by atoms with E-state index in [1.807, 2.05) is 6.20 Å². The highest BCUT2D eigenvalue weighted by molar-refractivity contribution is 9.10. The van der Waals surface area contributed by atoms with Crippen LogP contribution >= 0.6 is 15.9 Å². The Morgan fingerprint density at radius 3 is 2.25 bits per heavy atom. The van der Waals surface area contributed by atoms with E-state index >= 15 is 0 Å². The second kappa shape index (κ2) is 6.45. The summed E-state index contributed by atoms with van der Waals surface area (Å²) in [4.78, 5) is 22.1. The molecule has 24 heavy (non-hydrogen) atoms. The van der Waals surface area contributed by atoms with E-state index in [0.717, 1.165) is 21.1 Å². The summed E-state index contributed by atoms with van der Waals surface area (Å²) in [6.45, 7) is 2.71.